The summed E-state index contributed by atoms with van der Waals surface area (Å²) >= 11 is 6.41. The smallest absolute Gasteiger partial charge is 0.387 e. The average molecular weight is 486 g/mol. The maximum absolute atomic E-state index is 12.6. The summed E-state index contributed by atoms with van der Waals surface area (Å²) in [7, 11) is 0. The van der Waals surface area contributed by atoms with Crippen molar-refractivity contribution < 1.29 is 27.5 Å². The first-order valence-corrected chi connectivity index (χ1v) is 10.5. The van der Waals surface area contributed by atoms with Crippen LogP contribution in [0.2, 0.25) is 5.02 Å². The highest BCUT2D eigenvalue weighted by Crippen LogP contribution is 2.35. The van der Waals surface area contributed by atoms with Gasteiger partial charge < -0.3 is 19.2 Å². The van der Waals surface area contributed by atoms with Crippen molar-refractivity contribution in [2.45, 2.75) is 19.6 Å². The van der Waals surface area contributed by atoms with E-state index in [0.29, 0.717) is 10.9 Å². The van der Waals surface area contributed by atoms with E-state index < -0.39 is 24.2 Å². The Morgan fingerprint density at radius 2 is 1.68 bits per heavy atom. The fraction of sp³-hybridized carbons (Fsp3) is 0.120. The SMILES string of the molecule is CC(Oc1cc2oc(=O)cc(-c3ccccc3)c2cc1Cl)C(=O)Nc1ccccc1OC(F)F. The van der Waals surface area contributed by atoms with E-state index in [4.69, 9.17) is 20.8 Å². The predicted octanol–water partition coefficient (Wildman–Crippen LogP) is 6.12. The summed E-state index contributed by atoms with van der Waals surface area (Å²) in [4.78, 5) is 24.8. The number of hydrogen-bond donors (Lipinski definition) is 1. The fourth-order valence-electron chi connectivity index (χ4n) is 3.36. The molecule has 0 bridgehead atoms. The van der Waals surface area contributed by atoms with Gasteiger partial charge in [-0.25, -0.2) is 4.79 Å². The summed E-state index contributed by atoms with van der Waals surface area (Å²) in [5.41, 5.74) is 1.19. The molecule has 1 heterocycles. The lowest BCUT2D eigenvalue weighted by Crippen LogP contribution is -2.30. The maximum Gasteiger partial charge on any atom is 0.387 e. The molecular weight excluding hydrogens is 468 g/mol. The number of amides is 1. The second-order valence-electron chi connectivity index (χ2n) is 7.25. The summed E-state index contributed by atoms with van der Waals surface area (Å²) in [6.45, 7) is -1.58. The summed E-state index contributed by atoms with van der Waals surface area (Å²) < 4.78 is 40.7. The van der Waals surface area contributed by atoms with Gasteiger partial charge in [0.05, 0.1) is 10.7 Å². The number of fused-ring (bicyclic) bond motifs is 1. The first-order chi connectivity index (χ1) is 16.3. The molecule has 6 nitrogen and oxygen atoms in total. The predicted molar refractivity (Wildman–Crippen MR) is 125 cm³/mol. The Kier molecular flexibility index (Phi) is 6.79. The van der Waals surface area contributed by atoms with Crippen molar-refractivity contribution in [2.24, 2.45) is 0 Å². The molecule has 4 aromatic rings. The van der Waals surface area contributed by atoms with Gasteiger partial charge in [0.1, 0.15) is 17.1 Å². The van der Waals surface area contributed by atoms with Crippen LogP contribution in [0.15, 0.2) is 82.0 Å². The molecule has 34 heavy (non-hydrogen) atoms. The molecule has 1 amide bonds. The molecule has 1 N–H and O–H groups in total. The molecule has 0 aliphatic heterocycles. The number of hydrogen-bond acceptors (Lipinski definition) is 5. The second kappa shape index (κ2) is 9.93. The van der Waals surface area contributed by atoms with Gasteiger partial charge in [-0.15, -0.1) is 0 Å². The normalized spacial score (nSPS) is 11.9. The van der Waals surface area contributed by atoms with E-state index in [9.17, 15) is 18.4 Å². The number of benzene rings is 3. The zero-order chi connectivity index (χ0) is 24.2. The van der Waals surface area contributed by atoms with Crippen molar-refractivity contribution in [1.29, 1.82) is 0 Å². The van der Waals surface area contributed by atoms with Crippen molar-refractivity contribution >= 4 is 34.2 Å². The molecule has 0 aliphatic carbocycles. The number of carbonyl (C=O) groups is 1. The minimum absolute atomic E-state index is 0.0614. The zero-order valence-corrected chi connectivity index (χ0v) is 18.5. The Hall–Kier alpha value is -3.91. The van der Waals surface area contributed by atoms with Crippen LogP contribution in [0.3, 0.4) is 0 Å². The van der Waals surface area contributed by atoms with Gasteiger partial charge in [0.2, 0.25) is 0 Å². The Balaban J connectivity index is 1.59. The first-order valence-electron chi connectivity index (χ1n) is 10.2. The minimum Gasteiger partial charge on any atom is -0.479 e. The fourth-order valence-corrected chi connectivity index (χ4v) is 3.57. The largest absolute Gasteiger partial charge is 0.479 e. The van der Waals surface area contributed by atoms with E-state index in [-0.39, 0.29) is 27.8 Å². The van der Waals surface area contributed by atoms with Crippen molar-refractivity contribution in [1.82, 2.24) is 0 Å². The van der Waals surface area contributed by atoms with Gasteiger partial charge in [-0.1, -0.05) is 54.1 Å². The van der Waals surface area contributed by atoms with Crippen LogP contribution in [0.5, 0.6) is 11.5 Å². The summed E-state index contributed by atoms with van der Waals surface area (Å²) in [5.74, 6) is -0.694. The van der Waals surface area contributed by atoms with E-state index in [2.05, 4.69) is 10.1 Å². The van der Waals surface area contributed by atoms with Crippen LogP contribution >= 0.6 is 11.6 Å². The second-order valence-corrected chi connectivity index (χ2v) is 7.66. The van der Waals surface area contributed by atoms with E-state index in [1.165, 1.54) is 37.3 Å². The third kappa shape index (κ3) is 5.18. The van der Waals surface area contributed by atoms with Gasteiger partial charge in [0.25, 0.3) is 5.91 Å². The van der Waals surface area contributed by atoms with Crippen LogP contribution in [-0.2, 0) is 4.79 Å². The topological polar surface area (TPSA) is 77.8 Å². The van der Waals surface area contributed by atoms with Crippen LogP contribution in [-0.4, -0.2) is 18.6 Å². The standard InChI is InChI=1S/C25H18ClF2NO5/c1-14(24(31)29-19-9-5-6-10-20(19)34-25(27)28)32-22-13-21-17(11-18(22)26)16(12-23(30)33-21)15-7-3-2-4-8-15/h2-14,25H,1H3,(H,29,31). The Labute approximate surface area is 197 Å². The number of ether oxygens (including phenoxy) is 2. The lowest BCUT2D eigenvalue weighted by molar-refractivity contribution is -0.122. The van der Waals surface area contributed by atoms with Crippen LogP contribution in [0.4, 0.5) is 14.5 Å². The van der Waals surface area contributed by atoms with Gasteiger partial charge in [-0.3, -0.25) is 4.79 Å². The minimum atomic E-state index is -3.04. The molecule has 4 rings (SSSR count). The molecule has 0 spiro atoms. The third-order valence-electron chi connectivity index (χ3n) is 4.92. The molecule has 0 fully saturated rings. The summed E-state index contributed by atoms with van der Waals surface area (Å²) in [6.07, 6.45) is -1.07. The van der Waals surface area contributed by atoms with Gasteiger partial charge in [-0.05, 0) is 36.2 Å². The van der Waals surface area contributed by atoms with E-state index >= 15 is 0 Å². The van der Waals surface area contributed by atoms with Crippen LogP contribution in [0.1, 0.15) is 6.92 Å². The van der Waals surface area contributed by atoms with Gasteiger partial charge in [0.15, 0.2) is 6.10 Å². The Morgan fingerprint density at radius 1 is 0.971 bits per heavy atom. The highest BCUT2D eigenvalue weighted by atomic mass is 35.5. The highest BCUT2D eigenvalue weighted by molar-refractivity contribution is 6.33. The lowest BCUT2D eigenvalue weighted by Gasteiger charge is -2.17. The van der Waals surface area contributed by atoms with Crippen molar-refractivity contribution in [3.05, 3.63) is 88.2 Å². The quantitative estimate of drug-likeness (QED) is 0.319. The summed E-state index contributed by atoms with van der Waals surface area (Å²) in [5, 5.41) is 3.28. The number of halogens is 3. The molecule has 1 unspecified atom stereocenters. The van der Waals surface area contributed by atoms with Crippen molar-refractivity contribution in [3.63, 3.8) is 0 Å². The molecule has 0 saturated heterocycles. The van der Waals surface area contributed by atoms with Crippen LogP contribution < -0.4 is 20.4 Å². The average Bonchev–Trinajstić information content (AvgIpc) is 2.81. The van der Waals surface area contributed by atoms with E-state index in [0.717, 1.165) is 5.56 Å². The lowest BCUT2D eigenvalue weighted by atomic mass is 10.0. The molecule has 174 valence electrons. The number of nitrogens with one attached hydrogen (secondary N) is 1. The van der Waals surface area contributed by atoms with Gasteiger partial charge >= 0.3 is 12.2 Å². The van der Waals surface area contributed by atoms with Crippen LogP contribution in [0.25, 0.3) is 22.1 Å². The number of anilines is 1. The van der Waals surface area contributed by atoms with Gasteiger partial charge in [-0.2, -0.15) is 8.78 Å². The van der Waals surface area contributed by atoms with E-state index in [1.807, 2.05) is 30.3 Å². The van der Waals surface area contributed by atoms with Crippen molar-refractivity contribution in [2.75, 3.05) is 5.32 Å². The number of carbonyl (C=O) groups excluding carboxylic acids is 1. The third-order valence-corrected chi connectivity index (χ3v) is 5.21. The van der Waals surface area contributed by atoms with Crippen LogP contribution in [0, 0.1) is 0 Å². The molecule has 0 saturated carbocycles. The Morgan fingerprint density at radius 3 is 2.41 bits per heavy atom. The van der Waals surface area contributed by atoms with Gasteiger partial charge in [0, 0.05) is 17.5 Å². The number of alkyl halides is 2. The summed E-state index contributed by atoms with van der Waals surface area (Å²) in [6, 6.07) is 19.5. The molecule has 9 heteroatoms. The monoisotopic (exact) mass is 485 g/mol. The van der Waals surface area contributed by atoms with Crippen molar-refractivity contribution in [3.8, 4) is 22.6 Å². The van der Waals surface area contributed by atoms with E-state index in [1.54, 1.807) is 12.1 Å². The molecule has 1 aromatic heterocycles. The number of rotatable bonds is 7. The zero-order valence-electron chi connectivity index (χ0n) is 17.8. The number of para-hydroxylation sites is 2. The molecule has 0 aliphatic rings. The molecule has 0 radical (unpaired) electrons. The molecule has 1 atom stereocenters. The first kappa shape index (κ1) is 23.3. The molecule has 3 aromatic carbocycles. The molecular formula is C25H18ClF2NO5. The maximum atomic E-state index is 12.6. The highest BCUT2D eigenvalue weighted by Gasteiger charge is 2.20. The Bertz CT molecular complexity index is 1390.